The Morgan fingerprint density at radius 1 is 0.615 bits per heavy atom. The minimum atomic E-state index is -0.433. The number of hydrogen-bond donors (Lipinski definition) is 2. The Balaban J connectivity index is 4.21. The molecule has 308 valence electrons. The fourth-order valence-corrected chi connectivity index (χ4v) is 7.02. The van der Waals surface area contributed by atoms with E-state index in [4.69, 9.17) is 4.74 Å². The van der Waals surface area contributed by atoms with Gasteiger partial charge in [-0.1, -0.05) is 155 Å². The number of nitrogens with zero attached hydrogens (tertiary/aromatic N) is 1. The predicted molar refractivity (Wildman–Crippen MR) is 225 cm³/mol. The zero-order valence-electron chi connectivity index (χ0n) is 35.6. The van der Waals surface area contributed by atoms with E-state index < -0.39 is 5.41 Å². The van der Waals surface area contributed by atoms with Crippen molar-refractivity contribution in [1.82, 2.24) is 10.2 Å². The highest BCUT2D eigenvalue weighted by molar-refractivity contribution is 5.76. The second-order valence-corrected chi connectivity index (χ2v) is 16.4. The molecule has 0 spiro atoms. The average Bonchev–Trinajstić information content (AvgIpc) is 3.12. The maximum atomic E-state index is 13.3. The summed E-state index contributed by atoms with van der Waals surface area (Å²) in [7, 11) is 0. The summed E-state index contributed by atoms with van der Waals surface area (Å²) in [5.74, 6) is 0.169. The minimum absolute atomic E-state index is 0.00285. The number of unbranched alkanes of at least 4 members (excludes halogenated alkanes) is 21. The first kappa shape index (κ1) is 50.6. The number of amides is 1. The van der Waals surface area contributed by atoms with Crippen molar-refractivity contribution in [3.63, 3.8) is 0 Å². The molecule has 0 aromatic heterocycles. The van der Waals surface area contributed by atoms with Gasteiger partial charge < -0.3 is 20.1 Å². The van der Waals surface area contributed by atoms with Gasteiger partial charge in [0.25, 0.3) is 0 Å². The number of aliphatic hydroxyl groups is 1. The molecule has 0 aliphatic heterocycles. The molecule has 0 aromatic rings. The third-order valence-electron chi connectivity index (χ3n) is 10.7. The molecular formula is C46H90N2O4. The molecule has 0 radical (unpaired) electrons. The third-order valence-corrected chi connectivity index (χ3v) is 10.7. The van der Waals surface area contributed by atoms with Crippen LogP contribution in [0.25, 0.3) is 0 Å². The molecule has 52 heavy (non-hydrogen) atoms. The normalized spacial score (nSPS) is 12.1. The van der Waals surface area contributed by atoms with Gasteiger partial charge in [-0.25, -0.2) is 0 Å². The number of ether oxygens (including phenoxy) is 1. The SMILES string of the molecule is CCCCCC/C=C\CNC(=O)CCCCCCCN(CCO)CCCCCCC(C)(C)C(=O)OC(CCCCCCCC)CCCCCCCC. The molecule has 6 nitrogen and oxygen atoms in total. The Hall–Kier alpha value is -1.40. The van der Waals surface area contributed by atoms with E-state index in [1.807, 2.05) is 0 Å². The first-order valence-corrected chi connectivity index (χ1v) is 22.8. The summed E-state index contributed by atoms with van der Waals surface area (Å²) in [6.07, 6.45) is 39.5. The molecular weight excluding hydrogens is 645 g/mol. The summed E-state index contributed by atoms with van der Waals surface area (Å²) in [5.41, 5.74) is -0.433. The molecule has 0 heterocycles. The van der Waals surface area contributed by atoms with Gasteiger partial charge >= 0.3 is 5.97 Å². The van der Waals surface area contributed by atoms with Crippen molar-refractivity contribution in [3.8, 4) is 0 Å². The van der Waals surface area contributed by atoms with E-state index in [2.05, 4.69) is 57.0 Å². The van der Waals surface area contributed by atoms with Crippen LogP contribution >= 0.6 is 0 Å². The van der Waals surface area contributed by atoms with Crippen molar-refractivity contribution in [3.05, 3.63) is 12.2 Å². The molecule has 0 fully saturated rings. The van der Waals surface area contributed by atoms with Crippen molar-refractivity contribution in [2.75, 3.05) is 32.8 Å². The number of allylic oxidation sites excluding steroid dienone is 1. The highest BCUT2D eigenvalue weighted by atomic mass is 16.5. The van der Waals surface area contributed by atoms with E-state index >= 15 is 0 Å². The zero-order chi connectivity index (χ0) is 38.4. The molecule has 0 aromatic carbocycles. The van der Waals surface area contributed by atoms with Crippen LogP contribution in [0.3, 0.4) is 0 Å². The molecule has 0 aliphatic carbocycles. The van der Waals surface area contributed by atoms with Crippen molar-refractivity contribution < 1.29 is 19.4 Å². The predicted octanol–water partition coefficient (Wildman–Crippen LogP) is 12.7. The quantitative estimate of drug-likeness (QED) is 0.0372. The van der Waals surface area contributed by atoms with Crippen LogP contribution < -0.4 is 5.32 Å². The van der Waals surface area contributed by atoms with Gasteiger partial charge in [0.1, 0.15) is 6.10 Å². The standard InChI is InChI=1S/C46H90N2O4/c1-6-9-12-15-18-24-31-38-47-44(50)36-29-22-19-25-32-39-48(41-42-49)40-33-26-23-30-37-46(4,5)45(51)52-43(34-27-20-16-13-10-7-2)35-28-21-17-14-11-8-3/h24,31,43,49H,6-23,25-30,32-42H2,1-5H3,(H,47,50)/b31-24-. The van der Waals surface area contributed by atoms with Crippen LogP contribution in [0.2, 0.25) is 0 Å². The van der Waals surface area contributed by atoms with Gasteiger partial charge in [0.05, 0.1) is 12.0 Å². The summed E-state index contributed by atoms with van der Waals surface area (Å²) < 4.78 is 6.23. The van der Waals surface area contributed by atoms with E-state index in [9.17, 15) is 14.7 Å². The van der Waals surface area contributed by atoms with Crippen LogP contribution in [0.4, 0.5) is 0 Å². The number of nitrogens with one attached hydrogen (secondary N) is 1. The molecule has 0 unspecified atom stereocenters. The zero-order valence-corrected chi connectivity index (χ0v) is 35.6. The Labute approximate surface area is 324 Å². The number of aliphatic hydroxyl groups excluding tert-OH is 1. The third kappa shape index (κ3) is 33.2. The van der Waals surface area contributed by atoms with Crippen LogP contribution in [-0.4, -0.2) is 60.8 Å². The van der Waals surface area contributed by atoms with E-state index in [0.29, 0.717) is 13.0 Å². The Bertz CT molecular complexity index is 798. The van der Waals surface area contributed by atoms with Crippen LogP contribution in [0.15, 0.2) is 12.2 Å². The first-order valence-electron chi connectivity index (χ1n) is 22.8. The average molecular weight is 735 g/mol. The van der Waals surface area contributed by atoms with Crippen LogP contribution in [0, 0.1) is 5.41 Å². The van der Waals surface area contributed by atoms with Gasteiger partial charge in [-0.2, -0.15) is 0 Å². The number of rotatable bonds is 40. The lowest BCUT2D eigenvalue weighted by molar-refractivity contribution is -0.161. The number of esters is 1. The summed E-state index contributed by atoms with van der Waals surface area (Å²) in [6, 6.07) is 0. The number of carbonyl (C=O) groups is 2. The largest absolute Gasteiger partial charge is 0.462 e. The van der Waals surface area contributed by atoms with E-state index in [-0.39, 0.29) is 24.6 Å². The first-order chi connectivity index (χ1) is 25.3. The molecule has 0 aliphatic rings. The van der Waals surface area contributed by atoms with Crippen molar-refractivity contribution in [1.29, 1.82) is 0 Å². The van der Waals surface area contributed by atoms with E-state index in [0.717, 1.165) is 96.7 Å². The Kier molecular flexibility index (Phi) is 36.9. The van der Waals surface area contributed by atoms with Gasteiger partial charge in [0, 0.05) is 19.5 Å². The fourth-order valence-electron chi connectivity index (χ4n) is 7.02. The molecule has 0 saturated carbocycles. The molecule has 0 rings (SSSR count). The van der Waals surface area contributed by atoms with E-state index in [1.165, 1.54) is 109 Å². The van der Waals surface area contributed by atoms with Crippen LogP contribution in [0.5, 0.6) is 0 Å². The van der Waals surface area contributed by atoms with Crippen LogP contribution in [-0.2, 0) is 14.3 Å². The van der Waals surface area contributed by atoms with Gasteiger partial charge in [-0.3, -0.25) is 9.59 Å². The summed E-state index contributed by atoms with van der Waals surface area (Å²) >= 11 is 0. The van der Waals surface area contributed by atoms with Gasteiger partial charge in [0.15, 0.2) is 0 Å². The smallest absolute Gasteiger partial charge is 0.311 e. The molecule has 0 saturated heterocycles. The van der Waals surface area contributed by atoms with Gasteiger partial charge in [0.2, 0.25) is 5.91 Å². The summed E-state index contributed by atoms with van der Waals surface area (Å²) in [4.78, 5) is 27.8. The highest BCUT2D eigenvalue weighted by Gasteiger charge is 2.30. The Morgan fingerprint density at radius 2 is 1.10 bits per heavy atom. The highest BCUT2D eigenvalue weighted by Crippen LogP contribution is 2.28. The lowest BCUT2D eigenvalue weighted by Gasteiger charge is -2.27. The maximum Gasteiger partial charge on any atom is 0.311 e. The lowest BCUT2D eigenvalue weighted by atomic mass is 9.86. The van der Waals surface area contributed by atoms with Crippen molar-refractivity contribution >= 4 is 11.9 Å². The second-order valence-electron chi connectivity index (χ2n) is 16.4. The maximum absolute atomic E-state index is 13.3. The second kappa shape index (κ2) is 37.9. The molecule has 1 amide bonds. The van der Waals surface area contributed by atoms with Crippen LogP contribution in [0.1, 0.15) is 227 Å². The fraction of sp³-hybridized carbons (Fsp3) is 0.913. The Morgan fingerprint density at radius 3 is 1.65 bits per heavy atom. The minimum Gasteiger partial charge on any atom is -0.462 e. The van der Waals surface area contributed by atoms with E-state index in [1.54, 1.807) is 0 Å². The molecule has 6 heteroatoms. The monoisotopic (exact) mass is 735 g/mol. The molecule has 2 N–H and O–H groups in total. The lowest BCUT2D eigenvalue weighted by Crippen LogP contribution is -2.31. The van der Waals surface area contributed by atoms with Gasteiger partial charge in [-0.15, -0.1) is 0 Å². The molecule has 0 atom stereocenters. The summed E-state index contributed by atoms with van der Waals surface area (Å²) in [6.45, 7) is 14.6. The van der Waals surface area contributed by atoms with Gasteiger partial charge in [-0.05, 0) is 91.1 Å². The van der Waals surface area contributed by atoms with Crippen molar-refractivity contribution in [2.24, 2.45) is 5.41 Å². The van der Waals surface area contributed by atoms with Crippen molar-refractivity contribution in [2.45, 2.75) is 233 Å². The molecule has 0 bridgehead atoms. The topological polar surface area (TPSA) is 78.9 Å². The number of hydrogen-bond acceptors (Lipinski definition) is 5. The summed E-state index contributed by atoms with van der Waals surface area (Å²) in [5, 5.41) is 12.6. The number of carbonyl (C=O) groups excluding carboxylic acids is 2.